The third-order valence-corrected chi connectivity index (χ3v) is 4.42. The molecule has 0 amide bonds. The molecule has 0 aliphatic heterocycles. The van der Waals surface area contributed by atoms with Gasteiger partial charge < -0.3 is 5.11 Å². The summed E-state index contributed by atoms with van der Waals surface area (Å²) < 4.78 is 2.05. The Kier molecular flexibility index (Phi) is 3.73. The van der Waals surface area contributed by atoms with E-state index in [4.69, 9.17) is 0 Å². The number of aromatic nitrogens is 3. The minimum absolute atomic E-state index is 0.255. The molecule has 2 heterocycles. The molecule has 25 heavy (non-hydrogen) atoms. The van der Waals surface area contributed by atoms with Crippen LogP contribution in [0, 0.1) is 0 Å². The molecule has 0 aliphatic rings. The van der Waals surface area contributed by atoms with Crippen LogP contribution in [0.25, 0.3) is 28.2 Å². The molecule has 0 aliphatic carbocycles. The lowest BCUT2D eigenvalue weighted by atomic mass is 9.95. The lowest BCUT2D eigenvalue weighted by Gasteiger charge is -2.12. The quantitative estimate of drug-likeness (QED) is 0.582. The summed E-state index contributed by atoms with van der Waals surface area (Å²) in [5.74, 6) is 0.679. The van der Waals surface area contributed by atoms with Gasteiger partial charge in [-0.1, -0.05) is 38.1 Å². The smallest absolute Gasteiger partial charge is 0.155 e. The maximum absolute atomic E-state index is 9.51. The monoisotopic (exact) mass is 329 g/mol. The maximum Gasteiger partial charge on any atom is 0.155 e. The summed E-state index contributed by atoms with van der Waals surface area (Å²) in [5.41, 5.74) is 6.12. The first kappa shape index (κ1) is 15.4. The topological polar surface area (TPSA) is 50.4 Å². The van der Waals surface area contributed by atoms with Crippen molar-refractivity contribution in [3.8, 4) is 28.3 Å². The van der Waals surface area contributed by atoms with Crippen LogP contribution in [-0.4, -0.2) is 19.5 Å². The number of rotatable bonds is 3. The lowest BCUT2D eigenvalue weighted by molar-refractivity contribution is 0.475. The fourth-order valence-electron chi connectivity index (χ4n) is 3.11. The molecule has 2 aromatic heterocycles. The zero-order chi connectivity index (χ0) is 17.4. The van der Waals surface area contributed by atoms with Crippen LogP contribution in [0.3, 0.4) is 0 Å². The second-order valence-electron chi connectivity index (χ2n) is 6.43. The number of imidazole rings is 1. The Balaban J connectivity index is 1.88. The highest BCUT2D eigenvalue weighted by Gasteiger charge is 2.12. The molecule has 4 heteroatoms. The highest BCUT2D eigenvalue weighted by molar-refractivity contribution is 5.68. The largest absolute Gasteiger partial charge is 0.508 e. The van der Waals surface area contributed by atoms with Crippen molar-refractivity contribution in [2.75, 3.05) is 0 Å². The number of nitrogens with zero attached hydrogens (tertiary/aromatic N) is 3. The van der Waals surface area contributed by atoms with Crippen molar-refractivity contribution < 1.29 is 5.11 Å². The van der Waals surface area contributed by atoms with E-state index < -0.39 is 0 Å². The minimum atomic E-state index is 0.255. The first-order valence-corrected chi connectivity index (χ1v) is 8.35. The van der Waals surface area contributed by atoms with Crippen LogP contribution in [0.1, 0.15) is 25.3 Å². The Morgan fingerprint density at radius 1 is 0.920 bits per heavy atom. The zero-order valence-electron chi connectivity index (χ0n) is 14.2. The van der Waals surface area contributed by atoms with Crippen LogP contribution in [0.4, 0.5) is 0 Å². The van der Waals surface area contributed by atoms with Crippen molar-refractivity contribution in [1.82, 2.24) is 14.4 Å². The van der Waals surface area contributed by atoms with E-state index in [1.165, 1.54) is 5.56 Å². The van der Waals surface area contributed by atoms with Gasteiger partial charge in [-0.3, -0.25) is 9.38 Å². The van der Waals surface area contributed by atoms with Crippen LogP contribution in [0.15, 0.2) is 67.1 Å². The third-order valence-electron chi connectivity index (χ3n) is 4.42. The molecule has 0 fully saturated rings. The van der Waals surface area contributed by atoms with Gasteiger partial charge >= 0.3 is 0 Å². The molecule has 2 aromatic carbocycles. The van der Waals surface area contributed by atoms with E-state index in [2.05, 4.69) is 42.0 Å². The Morgan fingerprint density at radius 3 is 2.44 bits per heavy atom. The summed E-state index contributed by atoms with van der Waals surface area (Å²) in [6.45, 7) is 4.38. The van der Waals surface area contributed by atoms with Crippen molar-refractivity contribution in [2.24, 2.45) is 0 Å². The summed E-state index contributed by atoms with van der Waals surface area (Å²) in [6.07, 6.45) is 5.67. The second-order valence-corrected chi connectivity index (χ2v) is 6.43. The number of aromatic hydroxyl groups is 1. The molecule has 0 saturated carbocycles. The summed E-state index contributed by atoms with van der Waals surface area (Å²) in [5, 5.41) is 9.51. The van der Waals surface area contributed by atoms with Gasteiger partial charge in [-0.2, -0.15) is 0 Å². The number of hydrogen-bond donors (Lipinski definition) is 1. The molecule has 0 radical (unpaired) electrons. The standard InChI is InChI=1S/C21H19N3O/c1-14(2)17-5-3-4-6-18(17)19-13-24-20(11-23-21(24)12-22-19)15-7-9-16(25)10-8-15/h3-14,25H,1-2H3. The number of benzene rings is 2. The van der Waals surface area contributed by atoms with E-state index in [1.54, 1.807) is 18.3 Å². The van der Waals surface area contributed by atoms with Gasteiger partial charge in [0.05, 0.1) is 23.8 Å². The summed E-state index contributed by atoms with van der Waals surface area (Å²) in [7, 11) is 0. The van der Waals surface area contributed by atoms with Crippen molar-refractivity contribution in [3.05, 3.63) is 72.7 Å². The molecular formula is C21H19N3O. The number of fused-ring (bicyclic) bond motifs is 1. The maximum atomic E-state index is 9.51. The summed E-state index contributed by atoms with van der Waals surface area (Å²) >= 11 is 0. The molecule has 1 N–H and O–H groups in total. The zero-order valence-corrected chi connectivity index (χ0v) is 14.2. The van der Waals surface area contributed by atoms with Gasteiger partial charge in [-0.25, -0.2) is 4.98 Å². The first-order chi connectivity index (χ1) is 12.1. The number of phenols is 1. The van der Waals surface area contributed by atoms with Gasteiger partial charge in [-0.05, 0) is 35.7 Å². The predicted octanol–water partition coefficient (Wildman–Crippen LogP) is 4.89. The van der Waals surface area contributed by atoms with Gasteiger partial charge in [0.15, 0.2) is 5.65 Å². The van der Waals surface area contributed by atoms with Crippen LogP contribution < -0.4 is 0 Å². The highest BCUT2D eigenvalue weighted by Crippen LogP contribution is 2.29. The molecule has 0 bridgehead atoms. The molecule has 0 saturated heterocycles. The Hall–Kier alpha value is -3.14. The molecule has 4 rings (SSSR count). The average Bonchev–Trinajstić information content (AvgIpc) is 3.05. The predicted molar refractivity (Wildman–Crippen MR) is 99.6 cm³/mol. The lowest BCUT2D eigenvalue weighted by Crippen LogP contribution is -1.97. The first-order valence-electron chi connectivity index (χ1n) is 8.35. The normalized spacial score (nSPS) is 11.3. The average molecular weight is 329 g/mol. The van der Waals surface area contributed by atoms with Crippen LogP contribution in [0.2, 0.25) is 0 Å². The minimum Gasteiger partial charge on any atom is -0.508 e. The van der Waals surface area contributed by atoms with E-state index in [0.29, 0.717) is 5.92 Å². The van der Waals surface area contributed by atoms with Gasteiger partial charge in [0.2, 0.25) is 0 Å². The van der Waals surface area contributed by atoms with E-state index in [-0.39, 0.29) is 5.75 Å². The molecular weight excluding hydrogens is 310 g/mol. The van der Waals surface area contributed by atoms with Crippen molar-refractivity contribution in [1.29, 1.82) is 0 Å². The molecule has 0 unspecified atom stereocenters. The Morgan fingerprint density at radius 2 is 1.68 bits per heavy atom. The fraction of sp³-hybridized carbons (Fsp3) is 0.143. The van der Waals surface area contributed by atoms with E-state index in [1.807, 2.05) is 35.0 Å². The van der Waals surface area contributed by atoms with Crippen LogP contribution >= 0.6 is 0 Å². The van der Waals surface area contributed by atoms with Crippen molar-refractivity contribution in [2.45, 2.75) is 19.8 Å². The van der Waals surface area contributed by atoms with Crippen LogP contribution in [-0.2, 0) is 0 Å². The summed E-state index contributed by atoms with van der Waals surface area (Å²) in [6, 6.07) is 15.5. The van der Waals surface area contributed by atoms with Gasteiger partial charge in [0.25, 0.3) is 0 Å². The molecule has 0 spiro atoms. The van der Waals surface area contributed by atoms with Crippen molar-refractivity contribution >= 4 is 5.65 Å². The second kappa shape index (κ2) is 6.06. The van der Waals surface area contributed by atoms with E-state index in [0.717, 1.165) is 28.2 Å². The molecule has 4 nitrogen and oxygen atoms in total. The SMILES string of the molecule is CC(C)c1ccccc1-c1cn2c(-c3ccc(O)cc3)cnc2cn1. The van der Waals surface area contributed by atoms with E-state index >= 15 is 0 Å². The molecule has 124 valence electrons. The summed E-state index contributed by atoms with van der Waals surface area (Å²) in [4.78, 5) is 9.07. The molecule has 0 atom stereocenters. The third kappa shape index (κ3) is 2.76. The van der Waals surface area contributed by atoms with Gasteiger partial charge in [-0.15, -0.1) is 0 Å². The van der Waals surface area contributed by atoms with Crippen molar-refractivity contribution in [3.63, 3.8) is 0 Å². The Bertz CT molecular complexity index is 1030. The fourth-order valence-corrected chi connectivity index (χ4v) is 3.11. The molecule has 4 aromatic rings. The van der Waals surface area contributed by atoms with Gasteiger partial charge in [0.1, 0.15) is 5.75 Å². The van der Waals surface area contributed by atoms with E-state index in [9.17, 15) is 5.11 Å². The van der Waals surface area contributed by atoms with Crippen LogP contribution in [0.5, 0.6) is 5.75 Å². The number of hydrogen-bond acceptors (Lipinski definition) is 3. The van der Waals surface area contributed by atoms with Gasteiger partial charge in [0, 0.05) is 17.3 Å². The Labute approximate surface area is 146 Å². The number of phenolic OH excluding ortho intramolecular Hbond substituents is 1. The highest BCUT2D eigenvalue weighted by atomic mass is 16.3.